The van der Waals surface area contributed by atoms with Crippen LogP contribution in [-0.2, 0) is 28.6 Å². The highest BCUT2D eigenvalue weighted by molar-refractivity contribution is 7.88. The van der Waals surface area contributed by atoms with Gasteiger partial charge in [0.05, 0.1) is 6.26 Å². The molecule has 4 rings (SSSR count). The number of hydrogen-bond acceptors (Lipinski definition) is 4. The van der Waals surface area contributed by atoms with Crippen molar-refractivity contribution in [2.75, 3.05) is 19.3 Å². The highest BCUT2D eigenvalue weighted by Crippen LogP contribution is 2.50. The summed E-state index contributed by atoms with van der Waals surface area (Å²) in [6, 6.07) is 9.47. The van der Waals surface area contributed by atoms with Gasteiger partial charge in [0.2, 0.25) is 10.0 Å². The van der Waals surface area contributed by atoms with E-state index in [2.05, 4.69) is 4.90 Å². The molecule has 2 aliphatic heterocycles. The smallest absolute Gasteiger partial charge is 0.369 e. The zero-order valence-corrected chi connectivity index (χ0v) is 21.1. The summed E-state index contributed by atoms with van der Waals surface area (Å²) in [6.07, 6.45) is -8.26. The predicted molar refractivity (Wildman–Crippen MR) is 126 cm³/mol. The largest absolute Gasteiger partial charge is 0.430 e. The second-order valence-electron chi connectivity index (χ2n) is 9.77. The van der Waals surface area contributed by atoms with Gasteiger partial charge in [-0.3, -0.25) is 4.90 Å². The van der Waals surface area contributed by atoms with Crippen molar-refractivity contribution in [3.05, 3.63) is 59.2 Å². The van der Waals surface area contributed by atoms with E-state index < -0.39 is 33.5 Å². The molecule has 0 radical (unpaired) electrons. The molecular weight excluding hydrogens is 522 g/mol. The quantitative estimate of drug-likeness (QED) is 0.524. The molecule has 0 aliphatic carbocycles. The molecule has 2 heterocycles. The first kappa shape index (κ1) is 27.9. The summed E-state index contributed by atoms with van der Waals surface area (Å²) < 4.78 is 105. The number of aliphatic hydroxyl groups is 1. The SMILES string of the molecule is CCc1cc(CN2C3CCC2CN(S(C)(=O)=O)C3)ccc1-c1ccc(C(O)(C(F)(F)F)C(F)(F)F)cc1. The Hall–Kier alpha value is -2.15. The van der Waals surface area contributed by atoms with Crippen LogP contribution in [0.25, 0.3) is 11.1 Å². The highest BCUT2D eigenvalue weighted by Gasteiger charge is 2.71. The maximum absolute atomic E-state index is 13.2. The van der Waals surface area contributed by atoms with E-state index in [4.69, 9.17) is 0 Å². The lowest BCUT2D eigenvalue weighted by molar-refractivity contribution is -0.376. The zero-order valence-electron chi connectivity index (χ0n) is 20.3. The molecular formula is C25H28F6N2O3S. The molecule has 2 aromatic rings. The van der Waals surface area contributed by atoms with Gasteiger partial charge in [-0.2, -0.15) is 30.6 Å². The Labute approximate surface area is 211 Å². The average molecular weight is 551 g/mol. The van der Waals surface area contributed by atoms with Crippen molar-refractivity contribution in [1.82, 2.24) is 9.21 Å². The number of piperazine rings is 1. The van der Waals surface area contributed by atoms with Crippen LogP contribution in [0.15, 0.2) is 42.5 Å². The second kappa shape index (κ2) is 9.55. The van der Waals surface area contributed by atoms with Crippen molar-refractivity contribution in [2.45, 2.75) is 62.8 Å². The number of alkyl halides is 6. The highest BCUT2D eigenvalue weighted by atomic mass is 32.2. The third kappa shape index (κ3) is 5.13. The van der Waals surface area contributed by atoms with Gasteiger partial charge in [0, 0.05) is 37.3 Å². The van der Waals surface area contributed by atoms with E-state index in [0.29, 0.717) is 49.3 Å². The Balaban J connectivity index is 1.57. The first-order valence-electron chi connectivity index (χ1n) is 11.9. The standard InChI is InChI=1S/C25H28F6N2O3S/c1-3-17-12-16(13-33-20-9-10-21(33)15-32(14-20)37(2,35)36)4-11-22(17)18-5-7-19(8-6-18)23(34,24(26,27)28)25(29,30)31/h4-8,11-12,20-21,34H,3,9-10,13-15H2,1-2H3. The van der Waals surface area contributed by atoms with E-state index in [0.717, 1.165) is 36.1 Å². The average Bonchev–Trinajstić information content (AvgIpc) is 3.02. The fourth-order valence-corrected chi connectivity index (χ4v) is 6.28. The molecule has 2 aliphatic rings. The second-order valence-corrected chi connectivity index (χ2v) is 11.7. The van der Waals surface area contributed by atoms with Gasteiger partial charge in [-0.15, -0.1) is 0 Å². The van der Waals surface area contributed by atoms with Gasteiger partial charge >= 0.3 is 12.4 Å². The van der Waals surface area contributed by atoms with Gasteiger partial charge in [-0.1, -0.05) is 49.4 Å². The molecule has 2 atom stereocenters. The Morgan fingerprint density at radius 1 is 0.919 bits per heavy atom. The van der Waals surface area contributed by atoms with Crippen LogP contribution in [-0.4, -0.2) is 66.5 Å². The lowest BCUT2D eigenvalue weighted by Gasteiger charge is -2.40. The number of rotatable bonds is 6. The molecule has 0 saturated carbocycles. The Morgan fingerprint density at radius 2 is 1.46 bits per heavy atom. The molecule has 5 nitrogen and oxygen atoms in total. The number of aryl methyl sites for hydroxylation is 1. The molecule has 12 heteroatoms. The number of nitrogens with zero attached hydrogens (tertiary/aromatic N) is 2. The van der Waals surface area contributed by atoms with Gasteiger partial charge in [0.15, 0.2) is 0 Å². The summed E-state index contributed by atoms with van der Waals surface area (Å²) in [5, 5.41) is 9.63. The maximum atomic E-state index is 13.2. The topological polar surface area (TPSA) is 60.9 Å². The fraction of sp³-hybridized carbons (Fsp3) is 0.520. The molecule has 0 aromatic heterocycles. The third-order valence-corrected chi connectivity index (χ3v) is 8.65. The summed E-state index contributed by atoms with van der Waals surface area (Å²) in [6.45, 7) is 3.41. The van der Waals surface area contributed by atoms with Crippen molar-refractivity contribution >= 4 is 10.0 Å². The lowest BCUT2D eigenvalue weighted by atomic mass is 9.89. The van der Waals surface area contributed by atoms with Crippen LogP contribution in [0.3, 0.4) is 0 Å². The van der Waals surface area contributed by atoms with E-state index in [1.54, 1.807) is 6.07 Å². The van der Waals surface area contributed by atoms with E-state index in [9.17, 15) is 39.9 Å². The van der Waals surface area contributed by atoms with Crippen LogP contribution in [0.1, 0.15) is 36.5 Å². The molecule has 1 N–H and O–H groups in total. The molecule has 204 valence electrons. The van der Waals surface area contributed by atoms with Crippen LogP contribution < -0.4 is 0 Å². The van der Waals surface area contributed by atoms with Crippen LogP contribution in [0.2, 0.25) is 0 Å². The third-order valence-electron chi connectivity index (χ3n) is 7.42. The number of benzene rings is 2. The summed E-state index contributed by atoms with van der Waals surface area (Å²) in [4.78, 5) is 2.31. The van der Waals surface area contributed by atoms with Gasteiger partial charge in [-0.25, -0.2) is 8.42 Å². The summed E-state index contributed by atoms with van der Waals surface area (Å²) in [7, 11) is -3.26. The van der Waals surface area contributed by atoms with Crippen LogP contribution in [0, 0.1) is 0 Å². The molecule has 2 fully saturated rings. The van der Waals surface area contributed by atoms with Gasteiger partial charge in [0.25, 0.3) is 5.60 Å². The minimum atomic E-state index is -5.94. The molecule has 2 unspecified atom stereocenters. The number of fused-ring (bicyclic) bond motifs is 2. The van der Waals surface area contributed by atoms with Crippen LogP contribution in [0.5, 0.6) is 0 Å². The first-order chi connectivity index (χ1) is 17.1. The maximum Gasteiger partial charge on any atom is 0.430 e. The van der Waals surface area contributed by atoms with E-state index in [1.807, 2.05) is 19.1 Å². The van der Waals surface area contributed by atoms with Crippen molar-refractivity contribution in [3.8, 4) is 11.1 Å². The number of sulfonamides is 1. The van der Waals surface area contributed by atoms with Gasteiger partial charge in [0.1, 0.15) is 0 Å². The summed E-state index contributed by atoms with van der Waals surface area (Å²) >= 11 is 0. The number of hydrogen-bond donors (Lipinski definition) is 1. The van der Waals surface area contributed by atoms with Crippen molar-refractivity contribution in [3.63, 3.8) is 0 Å². The Kier molecular flexibility index (Phi) is 7.19. The van der Waals surface area contributed by atoms with Crippen LogP contribution >= 0.6 is 0 Å². The summed E-state index contributed by atoms with van der Waals surface area (Å²) in [5.41, 5.74) is -3.29. The van der Waals surface area contributed by atoms with Crippen molar-refractivity contribution in [2.24, 2.45) is 0 Å². The van der Waals surface area contributed by atoms with Crippen molar-refractivity contribution in [1.29, 1.82) is 0 Å². The minimum Gasteiger partial charge on any atom is -0.369 e. The summed E-state index contributed by atoms with van der Waals surface area (Å²) in [5.74, 6) is 0. The molecule has 2 bridgehead atoms. The molecule has 0 spiro atoms. The van der Waals surface area contributed by atoms with E-state index in [1.165, 1.54) is 10.6 Å². The van der Waals surface area contributed by atoms with E-state index in [-0.39, 0.29) is 12.1 Å². The van der Waals surface area contributed by atoms with Crippen LogP contribution in [0.4, 0.5) is 26.3 Å². The van der Waals surface area contributed by atoms with Gasteiger partial charge < -0.3 is 5.11 Å². The monoisotopic (exact) mass is 550 g/mol. The molecule has 0 amide bonds. The zero-order chi connectivity index (χ0) is 27.4. The number of halogens is 6. The Bertz CT molecular complexity index is 1220. The first-order valence-corrected chi connectivity index (χ1v) is 13.7. The lowest BCUT2D eigenvalue weighted by Crippen LogP contribution is -2.54. The van der Waals surface area contributed by atoms with Gasteiger partial charge in [-0.05, 0) is 41.5 Å². The molecule has 37 heavy (non-hydrogen) atoms. The fourth-order valence-electron chi connectivity index (χ4n) is 5.39. The molecule has 2 saturated heterocycles. The Morgan fingerprint density at radius 3 is 1.92 bits per heavy atom. The van der Waals surface area contributed by atoms with Crippen molar-refractivity contribution < 1.29 is 39.9 Å². The normalized spacial score (nSPS) is 22.0. The van der Waals surface area contributed by atoms with E-state index >= 15 is 0 Å². The minimum absolute atomic E-state index is 0.117. The molecule has 2 aromatic carbocycles. The predicted octanol–water partition coefficient (Wildman–Crippen LogP) is 4.84.